The Bertz CT molecular complexity index is 377. The smallest absolute Gasteiger partial charge is 0.119 e. The van der Waals surface area contributed by atoms with Crippen molar-refractivity contribution < 1.29 is 9.84 Å². The van der Waals surface area contributed by atoms with E-state index in [2.05, 4.69) is 24.1 Å². The predicted octanol–water partition coefficient (Wildman–Crippen LogP) is 2.68. The minimum atomic E-state index is -0.0946. The Labute approximate surface area is 116 Å². The van der Waals surface area contributed by atoms with Crippen LogP contribution < -0.4 is 4.74 Å². The molecule has 2 unspecified atom stereocenters. The molecule has 0 amide bonds. The third-order valence-corrected chi connectivity index (χ3v) is 3.85. The van der Waals surface area contributed by atoms with Crippen LogP contribution in [0.15, 0.2) is 24.3 Å². The van der Waals surface area contributed by atoms with Crippen molar-refractivity contribution in [1.82, 2.24) is 4.90 Å². The van der Waals surface area contributed by atoms with Crippen LogP contribution in [0, 0.1) is 5.92 Å². The van der Waals surface area contributed by atoms with Crippen molar-refractivity contribution in [2.45, 2.75) is 38.8 Å². The van der Waals surface area contributed by atoms with E-state index in [0.29, 0.717) is 12.5 Å². The first-order valence-corrected chi connectivity index (χ1v) is 7.27. The van der Waals surface area contributed by atoms with E-state index in [9.17, 15) is 5.11 Å². The van der Waals surface area contributed by atoms with Crippen LogP contribution in [0.25, 0.3) is 0 Å². The van der Waals surface area contributed by atoms with Gasteiger partial charge in [-0.05, 0) is 50.4 Å². The lowest BCUT2D eigenvalue weighted by Gasteiger charge is -2.23. The molecule has 0 aromatic heterocycles. The van der Waals surface area contributed by atoms with E-state index >= 15 is 0 Å². The molecule has 1 aromatic rings. The summed E-state index contributed by atoms with van der Waals surface area (Å²) in [6, 6.07) is 8.29. The number of rotatable bonds is 6. The number of hydrogen-bond donors (Lipinski definition) is 1. The second kappa shape index (κ2) is 6.92. The Hall–Kier alpha value is -1.06. The van der Waals surface area contributed by atoms with E-state index in [1.807, 2.05) is 19.1 Å². The van der Waals surface area contributed by atoms with Gasteiger partial charge in [0.25, 0.3) is 0 Å². The maximum absolute atomic E-state index is 9.86. The fourth-order valence-electron chi connectivity index (χ4n) is 2.86. The van der Waals surface area contributed by atoms with Crippen LogP contribution in [0.1, 0.15) is 31.7 Å². The number of hydrogen-bond acceptors (Lipinski definition) is 3. The first-order chi connectivity index (χ1) is 9.19. The van der Waals surface area contributed by atoms with Crippen LogP contribution in [-0.2, 0) is 6.54 Å². The molecule has 0 radical (unpaired) electrons. The van der Waals surface area contributed by atoms with Crippen LogP contribution in [0.5, 0.6) is 5.75 Å². The van der Waals surface area contributed by atoms with Gasteiger partial charge in [-0.15, -0.1) is 0 Å². The predicted molar refractivity (Wildman–Crippen MR) is 77.3 cm³/mol. The van der Waals surface area contributed by atoms with Gasteiger partial charge < -0.3 is 14.7 Å². The number of aliphatic hydroxyl groups is 1. The number of benzene rings is 1. The molecule has 0 bridgehead atoms. The summed E-state index contributed by atoms with van der Waals surface area (Å²) in [5.41, 5.74) is 1.29. The molecule has 3 nitrogen and oxygen atoms in total. The first-order valence-electron chi connectivity index (χ1n) is 7.27. The molecule has 0 saturated heterocycles. The Morgan fingerprint density at radius 1 is 1.26 bits per heavy atom. The van der Waals surface area contributed by atoms with Crippen molar-refractivity contribution in [3.8, 4) is 5.75 Å². The van der Waals surface area contributed by atoms with Crippen molar-refractivity contribution in [1.29, 1.82) is 0 Å². The zero-order chi connectivity index (χ0) is 13.7. The van der Waals surface area contributed by atoms with Crippen LogP contribution in [0.2, 0.25) is 0 Å². The summed E-state index contributed by atoms with van der Waals surface area (Å²) >= 11 is 0. The molecular formula is C16H25NO2. The fourth-order valence-corrected chi connectivity index (χ4v) is 2.86. The van der Waals surface area contributed by atoms with Crippen LogP contribution >= 0.6 is 0 Å². The zero-order valence-electron chi connectivity index (χ0n) is 12.0. The molecule has 106 valence electrons. The quantitative estimate of drug-likeness (QED) is 0.856. The van der Waals surface area contributed by atoms with E-state index in [4.69, 9.17) is 4.74 Å². The van der Waals surface area contributed by atoms with E-state index in [-0.39, 0.29) is 6.10 Å². The average molecular weight is 263 g/mol. The van der Waals surface area contributed by atoms with Crippen molar-refractivity contribution in [3.05, 3.63) is 29.8 Å². The fraction of sp³-hybridized carbons (Fsp3) is 0.625. The molecule has 2 atom stereocenters. The minimum absolute atomic E-state index is 0.0946. The highest BCUT2D eigenvalue weighted by molar-refractivity contribution is 5.27. The topological polar surface area (TPSA) is 32.7 Å². The third kappa shape index (κ3) is 4.22. The molecule has 2 rings (SSSR count). The van der Waals surface area contributed by atoms with Gasteiger partial charge in [-0.3, -0.25) is 0 Å². The van der Waals surface area contributed by atoms with Gasteiger partial charge in [0.05, 0.1) is 12.7 Å². The minimum Gasteiger partial charge on any atom is -0.494 e. The Kier molecular flexibility index (Phi) is 5.23. The molecule has 0 aliphatic heterocycles. The van der Waals surface area contributed by atoms with Crippen molar-refractivity contribution >= 4 is 0 Å². The van der Waals surface area contributed by atoms with Crippen LogP contribution in [-0.4, -0.2) is 36.3 Å². The molecule has 1 aromatic carbocycles. The SMILES string of the molecule is CCOc1ccc(CN(C)CC2CCCC2O)cc1. The lowest BCUT2D eigenvalue weighted by atomic mass is 10.1. The number of ether oxygens (including phenoxy) is 1. The summed E-state index contributed by atoms with van der Waals surface area (Å²) in [5, 5.41) is 9.86. The van der Waals surface area contributed by atoms with E-state index < -0.39 is 0 Å². The third-order valence-electron chi connectivity index (χ3n) is 3.85. The second-order valence-electron chi connectivity index (χ2n) is 5.53. The summed E-state index contributed by atoms with van der Waals surface area (Å²) in [6.45, 7) is 4.61. The molecule has 1 aliphatic carbocycles. The molecular weight excluding hydrogens is 238 g/mol. The summed E-state index contributed by atoms with van der Waals surface area (Å²) < 4.78 is 5.44. The van der Waals surface area contributed by atoms with Crippen LogP contribution in [0.4, 0.5) is 0 Å². The first kappa shape index (κ1) is 14.4. The van der Waals surface area contributed by atoms with Crippen molar-refractivity contribution in [2.24, 2.45) is 5.92 Å². The number of nitrogens with zero attached hydrogens (tertiary/aromatic N) is 1. The zero-order valence-corrected chi connectivity index (χ0v) is 12.0. The Morgan fingerprint density at radius 3 is 2.58 bits per heavy atom. The monoisotopic (exact) mass is 263 g/mol. The van der Waals surface area contributed by atoms with Crippen molar-refractivity contribution in [2.75, 3.05) is 20.2 Å². The lowest BCUT2D eigenvalue weighted by molar-refractivity contribution is 0.108. The molecule has 1 N–H and O–H groups in total. The largest absolute Gasteiger partial charge is 0.494 e. The van der Waals surface area contributed by atoms with Crippen LogP contribution in [0.3, 0.4) is 0 Å². The Morgan fingerprint density at radius 2 is 2.00 bits per heavy atom. The summed E-state index contributed by atoms with van der Waals surface area (Å²) in [7, 11) is 2.13. The summed E-state index contributed by atoms with van der Waals surface area (Å²) in [6.07, 6.45) is 3.21. The molecule has 0 heterocycles. The highest BCUT2D eigenvalue weighted by Crippen LogP contribution is 2.26. The van der Waals surface area contributed by atoms with Gasteiger partial charge in [0.15, 0.2) is 0 Å². The molecule has 1 saturated carbocycles. The molecule has 0 spiro atoms. The maximum Gasteiger partial charge on any atom is 0.119 e. The second-order valence-corrected chi connectivity index (χ2v) is 5.53. The maximum atomic E-state index is 9.86. The summed E-state index contributed by atoms with van der Waals surface area (Å²) in [4.78, 5) is 2.30. The highest BCUT2D eigenvalue weighted by atomic mass is 16.5. The van der Waals surface area contributed by atoms with Gasteiger partial charge in [0.1, 0.15) is 5.75 Å². The summed E-state index contributed by atoms with van der Waals surface area (Å²) in [5.74, 6) is 1.38. The average Bonchev–Trinajstić information content (AvgIpc) is 2.78. The van der Waals surface area contributed by atoms with Gasteiger partial charge in [-0.2, -0.15) is 0 Å². The molecule has 1 aliphatic rings. The molecule has 1 fully saturated rings. The van der Waals surface area contributed by atoms with Gasteiger partial charge in [-0.1, -0.05) is 18.6 Å². The molecule has 3 heteroatoms. The lowest BCUT2D eigenvalue weighted by Crippen LogP contribution is -2.29. The van der Waals surface area contributed by atoms with Crippen molar-refractivity contribution in [3.63, 3.8) is 0 Å². The van der Waals surface area contributed by atoms with E-state index in [1.54, 1.807) is 0 Å². The van der Waals surface area contributed by atoms with E-state index in [0.717, 1.165) is 31.7 Å². The molecule has 19 heavy (non-hydrogen) atoms. The van der Waals surface area contributed by atoms with Gasteiger partial charge in [0.2, 0.25) is 0 Å². The van der Waals surface area contributed by atoms with Gasteiger partial charge in [-0.25, -0.2) is 0 Å². The highest BCUT2D eigenvalue weighted by Gasteiger charge is 2.25. The Balaban J connectivity index is 1.82. The van der Waals surface area contributed by atoms with Gasteiger partial charge >= 0.3 is 0 Å². The van der Waals surface area contributed by atoms with Gasteiger partial charge in [0, 0.05) is 13.1 Å². The number of aliphatic hydroxyl groups excluding tert-OH is 1. The normalized spacial score (nSPS) is 22.9. The van der Waals surface area contributed by atoms with E-state index in [1.165, 1.54) is 12.0 Å². The standard InChI is InChI=1S/C16H25NO2/c1-3-19-15-9-7-13(8-10-15)11-17(2)12-14-5-4-6-16(14)18/h7-10,14,16,18H,3-6,11-12H2,1-2H3.